The van der Waals surface area contributed by atoms with Gasteiger partial charge in [0.15, 0.2) is 0 Å². The standard InChI is InChI=1S/C16H31NO/c1-4-6-7-8-9-12-15(17-3)16(18-5-2)13-10-11-14-16/h4,15,17H,1,5-14H2,2-3H3. The summed E-state index contributed by atoms with van der Waals surface area (Å²) < 4.78 is 6.14. The lowest BCUT2D eigenvalue weighted by Gasteiger charge is -2.37. The van der Waals surface area contributed by atoms with Crippen molar-refractivity contribution in [1.82, 2.24) is 5.32 Å². The largest absolute Gasteiger partial charge is 0.374 e. The van der Waals surface area contributed by atoms with Crippen LogP contribution in [0.3, 0.4) is 0 Å². The molecule has 1 unspecified atom stereocenters. The van der Waals surface area contributed by atoms with Gasteiger partial charge in [-0.1, -0.05) is 31.8 Å². The highest BCUT2D eigenvalue weighted by Gasteiger charge is 2.40. The number of ether oxygens (including phenoxy) is 1. The summed E-state index contributed by atoms with van der Waals surface area (Å²) in [5.41, 5.74) is 0.127. The third-order valence-electron chi connectivity index (χ3n) is 4.27. The van der Waals surface area contributed by atoms with Gasteiger partial charge in [-0.2, -0.15) is 0 Å². The van der Waals surface area contributed by atoms with E-state index in [1.165, 1.54) is 51.4 Å². The van der Waals surface area contributed by atoms with E-state index in [9.17, 15) is 0 Å². The molecule has 0 spiro atoms. The summed E-state index contributed by atoms with van der Waals surface area (Å²) in [6, 6.07) is 0.531. The maximum absolute atomic E-state index is 6.14. The van der Waals surface area contributed by atoms with Gasteiger partial charge in [-0.3, -0.25) is 0 Å². The van der Waals surface area contributed by atoms with Gasteiger partial charge >= 0.3 is 0 Å². The van der Waals surface area contributed by atoms with Crippen LogP contribution in [0.1, 0.15) is 64.7 Å². The lowest BCUT2D eigenvalue weighted by molar-refractivity contribution is -0.0620. The molecule has 0 aliphatic heterocycles. The van der Waals surface area contributed by atoms with E-state index in [0.29, 0.717) is 6.04 Å². The molecule has 1 atom stereocenters. The van der Waals surface area contributed by atoms with Gasteiger partial charge < -0.3 is 10.1 Å². The maximum atomic E-state index is 6.14. The highest BCUT2D eigenvalue weighted by atomic mass is 16.5. The van der Waals surface area contributed by atoms with E-state index >= 15 is 0 Å². The number of rotatable bonds is 10. The number of likely N-dealkylation sites (N-methyl/N-ethyl adjacent to an activating group) is 1. The van der Waals surface area contributed by atoms with Crippen LogP contribution in [0.15, 0.2) is 12.7 Å². The topological polar surface area (TPSA) is 21.3 Å². The van der Waals surface area contributed by atoms with Crippen LogP contribution in [-0.4, -0.2) is 25.3 Å². The Morgan fingerprint density at radius 2 is 2.00 bits per heavy atom. The first-order chi connectivity index (χ1) is 8.79. The number of unbranched alkanes of at least 4 members (excludes halogenated alkanes) is 3. The van der Waals surface area contributed by atoms with Crippen molar-refractivity contribution in [2.75, 3.05) is 13.7 Å². The Morgan fingerprint density at radius 3 is 2.56 bits per heavy atom. The molecular formula is C16H31NO. The van der Waals surface area contributed by atoms with Crippen LogP contribution in [0, 0.1) is 0 Å². The molecule has 0 heterocycles. The second kappa shape index (κ2) is 8.71. The van der Waals surface area contributed by atoms with Crippen LogP contribution < -0.4 is 5.32 Å². The number of nitrogens with one attached hydrogen (secondary N) is 1. The molecule has 0 amide bonds. The molecule has 1 N–H and O–H groups in total. The molecule has 18 heavy (non-hydrogen) atoms. The zero-order valence-corrected chi connectivity index (χ0v) is 12.3. The molecule has 0 saturated heterocycles. The van der Waals surface area contributed by atoms with Crippen LogP contribution in [0.25, 0.3) is 0 Å². The first-order valence-corrected chi connectivity index (χ1v) is 7.71. The van der Waals surface area contributed by atoms with Crippen molar-refractivity contribution in [2.45, 2.75) is 76.4 Å². The summed E-state index contributed by atoms with van der Waals surface area (Å²) in [5.74, 6) is 0. The van der Waals surface area contributed by atoms with Crippen molar-refractivity contribution in [1.29, 1.82) is 0 Å². The van der Waals surface area contributed by atoms with E-state index < -0.39 is 0 Å². The fourth-order valence-electron chi connectivity index (χ4n) is 3.34. The van der Waals surface area contributed by atoms with E-state index in [2.05, 4.69) is 25.9 Å². The van der Waals surface area contributed by atoms with Crippen LogP contribution in [0.4, 0.5) is 0 Å². The number of hydrogen-bond acceptors (Lipinski definition) is 2. The van der Waals surface area contributed by atoms with Gasteiger partial charge in [-0.05, 0) is 46.1 Å². The van der Waals surface area contributed by atoms with Crippen molar-refractivity contribution in [3.8, 4) is 0 Å². The summed E-state index contributed by atoms with van der Waals surface area (Å²) in [6.07, 6.45) is 13.4. The van der Waals surface area contributed by atoms with E-state index in [1.807, 2.05) is 6.08 Å². The van der Waals surface area contributed by atoms with Crippen LogP contribution >= 0.6 is 0 Å². The van der Waals surface area contributed by atoms with Gasteiger partial charge in [0.2, 0.25) is 0 Å². The van der Waals surface area contributed by atoms with Crippen molar-refractivity contribution >= 4 is 0 Å². The van der Waals surface area contributed by atoms with Gasteiger partial charge in [0, 0.05) is 12.6 Å². The fraction of sp³-hybridized carbons (Fsp3) is 0.875. The molecule has 1 saturated carbocycles. The monoisotopic (exact) mass is 253 g/mol. The Hall–Kier alpha value is -0.340. The van der Waals surface area contributed by atoms with Gasteiger partial charge in [0.1, 0.15) is 0 Å². The highest BCUT2D eigenvalue weighted by molar-refractivity contribution is 4.96. The molecule has 1 aliphatic carbocycles. The fourth-order valence-corrected chi connectivity index (χ4v) is 3.34. The predicted octanol–water partition coefficient (Wildman–Crippen LogP) is 4.06. The third-order valence-corrected chi connectivity index (χ3v) is 4.27. The third kappa shape index (κ3) is 4.40. The van der Waals surface area contributed by atoms with E-state index in [4.69, 9.17) is 4.74 Å². The first kappa shape index (κ1) is 15.7. The summed E-state index contributed by atoms with van der Waals surface area (Å²) in [4.78, 5) is 0. The van der Waals surface area contributed by atoms with Gasteiger partial charge in [0.05, 0.1) is 5.60 Å². The molecule has 1 aliphatic rings. The second-order valence-electron chi connectivity index (χ2n) is 5.47. The van der Waals surface area contributed by atoms with Gasteiger partial charge in [-0.15, -0.1) is 6.58 Å². The average molecular weight is 253 g/mol. The Balaban J connectivity index is 2.39. The Labute approximate surface area is 113 Å². The highest BCUT2D eigenvalue weighted by Crippen LogP contribution is 2.37. The average Bonchev–Trinajstić information content (AvgIpc) is 2.84. The number of hydrogen-bond donors (Lipinski definition) is 1. The predicted molar refractivity (Wildman–Crippen MR) is 79.0 cm³/mol. The van der Waals surface area contributed by atoms with Gasteiger partial charge in [0.25, 0.3) is 0 Å². The lowest BCUT2D eigenvalue weighted by atomic mass is 9.88. The van der Waals surface area contributed by atoms with Crippen LogP contribution in [0.5, 0.6) is 0 Å². The Kier molecular flexibility index (Phi) is 7.60. The van der Waals surface area contributed by atoms with Crippen molar-refractivity contribution in [2.24, 2.45) is 0 Å². The number of allylic oxidation sites excluding steroid dienone is 1. The second-order valence-corrected chi connectivity index (χ2v) is 5.47. The SMILES string of the molecule is C=CCCCCCC(NC)C1(OCC)CCCC1. The zero-order valence-electron chi connectivity index (χ0n) is 12.3. The lowest BCUT2D eigenvalue weighted by Crippen LogP contribution is -2.49. The van der Waals surface area contributed by atoms with E-state index in [0.717, 1.165) is 13.0 Å². The first-order valence-electron chi connectivity index (χ1n) is 7.71. The van der Waals surface area contributed by atoms with E-state index in [1.54, 1.807) is 0 Å². The maximum Gasteiger partial charge on any atom is 0.0834 e. The van der Waals surface area contributed by atoms with Crippen molar-refractivity contribution in [3.05, 3.63) is 12.7 Å². The molecule has 0 aromatic carbocycles. The molecule has 1 fully saturated rings. The molecule has 0 radical (unpaired) electrons. The molecule has 0 aromatic rings. The molecule has 106 valence electrons. The molecule has 2 heteroatoms. The summed E-state index contributed by atoms with van der Waals surface area (Å²) in [7, 11) is 2.09. The summed E-state index contributed by atoms with van der Waals surface area (Å²) in [5, 5.41) is 3.52. The summed E-state index contributed by atoms with van der Waals surface area (Å²) in [6.45, 7) is 6.74. The van der Waals surface area contributed by atoms with E-state index in [-0.39, 0.29) is 5.60 Å². The minimum absolute atomic E-state index is 0.127. The van der Waals surface area contributed by atoms with Crippen LogP contribution in [-0.2, 0) is 4.74 Å². The molecule has 0 bridgehead atoms. The smallest absolute Gasteiger partial charge is 0.0834 e. The minimum Gasteiger partial charge on any atom is -0.374 e. The molecular weight excluding hydrogens is 222 g/mol. The van der Waals surface area contributed by atoms with Gasteiger partial charge in [-0.25, -0.2) is 0 Å². The Bertz CT molecular complexity index is 221. The van der Waals surface area contributed by atoms with Crippen molar-refractivity contribution < 1.29 is 4.74 Å². The minimum atomic E-state index is 0.127. The van der Waals surface area contributed by atoms with Crippen molar-refractivity contribution in [3.63, 3.8) is 0 Å². The summed E-state index contributed by atoms with van der Waals surface area (Å²) >= 11 is 0. The molecule has 0 aromatic heterocycles. The zero-order chi connectivity index (χ0) is 13.3. The quantitative estimate of drug-likeness (QED) is 0.468. The Morgan fingerprint density at radius 1 is 1.28 bits per heavy atom. The molecule has 1 rings (SSSR count). The normalized spacial score (nSPS) is 19.9. The van der Waals surface area contributed by atoms with Crippen LogP contribution in [0.2, 0.25) is 0 Å². The molecule has 2 nitrogen and oxygen atoms in total.